The highest BCUT2D eigenvalue weighted by molar-refractivity contribution is 7.91. The van der Waals surface area contributed by atoms with E-state index in [9.17, 15) is 8.42 Å². The van der Waals surface area contributed by atoms with Gasteiger partial charge < -0.3 is 14.8 Å². The van der Waals surface area contributed by atoms with Gasteiger partial charge in [0.15, 0.2) is 21.3 Å². The minimum absolute atomic E-state index is 0.0188. The summed E-state index contributed by atoms with van der Waals surface area (Å²) in [6, 6.07) is 5.59. The predicted molar refractivity (Wildman–Crippen MR) is 75.6 cm³/mol. The highest BCUT2D eigenvalue weighted by Gasteiger charge is 2.10. The van der Waals surface area contributed by atoms with Crippen LogP contribution in [0, 0.1) is 0 Å². The molecule has 1 N–H and O–H groups in total. The molecule has 0 aliphatic rings. The van der Waals surface area contributed by atoms with Crippen molar-refractivity contribution in [2.75, 3.05) is 32.3 Å². The fraction of sp³-hybridized carbons (Fsp3) is 0.538. The molecule has 0 spiro atoms. The van der Waals surface area contributed by atoms with Gasteiger partial charge in [0.2, 0.25) is 0 Å². The zero-order valence-electron chi connectivity index (χ0n) is 11.6. The average molecular weight is 287 g/mol. The van der Waals surface area contributed by atoms with E-state index in [1.54, 1.807) is 20.1 Å². The largest absolute Gasteiger partial charge is 0.493 e. The summed E-state index contributed by atoms with van der Waals surface area (Å²) < 4.78 is 33.4. The first kappa shape index (κ1) is 15.8. The highest BCUT2D eigenvalue weighted by atomic mass is 32.2. The zero-order valence-corrected chi connectivity index (χ0v) is 12.4. The van der Waals surface area contributed by atoms with Crippen molar-refractivity contribution in [1.29, 1.82) is 0 Å². The minimum Gasteiger partial charge on any atom is -0.493 e. The smallest absolute Gasteiger partial charge is 0.161 e. The standard InChI is InChI=1S/C13H21NO4S/c1-4-19(15,16)8-7-18-12-6-5-11(10-14-2)9-13(12)17-3/h5-6,9,14H,4,7-8,10H2,1-3H3. The van der Waals surface area contributed by atoms with Gasteiger partial charge in [0.05, 0.1) is 12.9 Å². The third-order valence-corrected chi connectivity index (χ3v) is 4.37. The van der Waals surface area contributed by atoms with E-state index in [-0.39, 0.29) is 18.1 Å². The molecule has 0 saturated heterocycles. The number of benzene rings is 1. The van der Waals surface area contributed by atoms with Crippen molar-refractivity contribution in [1.82, 2.24) is 5.32 Å². The first-order valence-corrected chi connectivity index (χ1v) is 7.99. The number of sulfone groups is 1. The first-order chi connectivity index (χ1) is 9.02. The van der Waals surface area contributed by atoms with Gasteiger partial charge >= 0.3 is 0 Å². The molecule has 1 aromatic carbocycles. The summed E-state index contributed by atoms with van der Waals surface area (Å²) in [7, 11) is 0.429. The second-order valence-corrected chi connectivity index (χ2v) is 6.57. The maximum atomic E-state index is 11.4. The molecule has 19 heavy (non-hydrogen) atoms. The molecule has 108 valence electrons. The minimum atomic E-state index is -3.00. The Morgan fingerprint density at radius 2 is 2.00 bits per heavy atom. The lowest BCUT2D eigenvalue weighted by Gasteiger charge is -2.12. The van der Waals surface area contributed by atoms with E-state index >= 15 is 0 Å². The molecule has 0 bridgehead atoms. The number of hydrogen-bond acceptors (Lipinski definition) is 5. The molecule has 0 radical (unpaired) electrons. The molecule has 0 aliphatic heterocycles. The van der Waals surface area contributed by atoms with Crippen molar-refractivity contribution in [3.63, 3.8) is 0 Å². The topological polar surface area (TPSA) is 64.6 Å². The summed E-state index contributed by atoms with van der Waals surface area (Å²) in [6.45, 7) is 2.50. The van der Waals surface area contributed by atoms with Gasteiger partial charge in [-0.2, -0.15) is 0 Å². The van der Waals surface area contributed by atoms with Crippen LogP contribution in [0.3, 0.4) is 0 Å². The number of methoxy groups -OCH3 is 1. The second kappa shape index (κ2) is 7.35. The van der Waals surface area contributed by atoms with Crippen LogP contribution in [0.15, 0.2) is 18.2 Å². The van der Waals surface area contributed by atoms with Gasteiger partial charge in [-0.05, 0) is 24.7 Å². The summed E-state index contributed by atoms with van der Waals surface area (Å²) >= 11 is 0. The summed E-state index contributed by atoms with van der Waals surface area (Å²) in [5.41, 5.74) is 1.08. The van der Waals surface area contributed by atoms with E-state index in [4.69, 9.17) is 9.47 Å². The Kier molecular flexibility index (Phi) is 6.11. The lowest BCUT2D eigenvalue weighted by Crippen LogP contribution is -2.15. The van der Waals surface area contributed by atoms with Gasteiger partial charge in [-0.15, -0.1) is 0 Å². The molecule has 0 saturated carbocycles. The summed E-state index contributed by atoms with van der Waals surface area (Å²) in [6.07, 6.45) is 0. The van der Waals surface area contributed by atoms with Crippen LogP contribution in [0.2, 0.25) is 0 Å². The number of rotatable bonds is 8. The van der Waals surface area contributed by atoms with Crippen LogP contribution in [-0.2, 0) is 16.4 Å². The molecule has 1 rings (SSSR count). The van der Waals surface area contributed by atoms with Crippen LogP contribution in [0.1, 0.15) is 12.5 Å². The number of hydrogen-bond donors (Lipinski definition) is 1. The van der Waals surface area contributed by atoms with Gasteiger partial charge in [-0.25, -0.2) is 8.42 Å². The van der Waals surface area contributed by atoms with E-state index < -0.39 is 9.84 Å². The van der Waals surface area contributed by atoms with Crippen LogP contribution in [0.25, 0.3) is 0 Å². The molecular formula is C13H21NO4S. The van der Waals surface area contributed by atoms with Crippen molar-refractivity contribution in [2.24, 2.45) is 0 Å². The molecule has 0 unspecified atom stereocenters. The molecule has 6 heteroatoms. The Labute approximate surface area is 114 Å². The maximum absolute atomic E-state index is 11.4. The van der Waals surface area contributed by atoms with Crippen molar-refractivity contribution in [3.05, 3.63) is 23.8 Å². The van der Waals surface area contributed by atoms with Gasteiger partial charge in [-0.3, -0.25) is 0 Å². The van der Waals surface area contributed by atoms with Crippen LogP contribution >= 0.6 is 0 Å². The molecule has 0 amide bonds. The van der Waals surface area contributed by atoms with Crippen LogP contribution < -0.4 is 14.8 Å². The second-order valence-electron chi connectivity index (χ2n) is 4.10. The molecule has 1 aromatic rings. The Hall–Kier alpha value is -1.27. The van der Waals surface area contributed by atoms with Gasteiger partial charge in [0, 0.05) is 12.3 Å². The van der Waals surface area contributed by atoms with Gasteiger partial charge in [0.1, 0.15) is 6.61 Å². The zero-order chi connectivity index (χ0) is 14.3. The Morgan fingerprint density at radius 3 is 2.58 bits per heavy atom. The molecule has 0 atom stereocenters. The third kappa shape index (κ3) is 5.08. The molecule has 0 fully saturated rings. The summed E-state index contributed by atoms with van der Waals surface area (Å²) in [4.78, 5) is 0. The van der Waals surface area contributed by atoms with Crippen LogP contribution in [0.4, 0.5) is 0 Å². The quantitative estimate of drug-likeness (QED) is 0.779. The monoisotopic (exact) mass is 287 g/mol. The Bertz CT molecular complexity index is 499. The first-order valence-electron chi connectivity index (χ1n) is 6.17. The van der Waals surface area contributed by atoms with E-state index in [0.717, 1.165) is 12.1 Å². The maximum Gasteiger partial charge on any atom is 0.161 e. The van der Waals surface area contributed by atoms with Crippen LogP contribution in [0.5, 0.6) is 11.5 Å². The average Bonchev–Trinajstić information content (AvgIpc) is 2.40. The fourth-order valence-corrected chi connectivity index (χ4v) is 2.19. The molecule has 0 aromatic heterocycles. The van der Waals surface area contributed by atoms with Crippen molar-refractivity contribution >= 4 is 9.84 Å². The van der Waals surface area contributed by atoms with Crippen molar-refractivity contribution < 1.29 is 17.9 Å². The molecule has 0 heterocycles. The number of ether oxygens (including phenoxy) is 2. The molecule has 5 nitrogen and oxygen atoms in total. The van der Waals surface area contributed by atoms with Gasteiger partial charge in [0.25, 0.3) is 0 Å². The lowest BCUT2D eigenvalue weighted by atomic mass is 10.2. The Morgan fingerprint density at radius 1 is 1.26 bits per heavy atom. The molecular weight excluding hydrogens is 266 g/mol. The van der Waals surface area contributed by atoms with Crippen LogP contribution in [-0.4, -0.2) is 40.7 Å². The predicted octanol–water partition coefficient (Wildman–Crippen LogP) is 1.23. The van der Waals surface area contributed by atoms with E-state index in [0.29, 0.717) is 11.5 Å². The highest BCUT2D eigenvalue weighted by Crippen LogP contribution is 2.28. The van der Waals surface area contributed by atoms with E-state index in [2.05, 4.69) is 5.32 Å². The summed E-state index contributed by atoms with van der Waals surface area (Å²) in [5, 5.41) is 3.05. The normalized spacial score (nSPS) is 11.3. The third-order valence-electron chi connectivity index (χ3n) is 2.70. The van der Waals surface area contributed by atoms with E-state index in [1.165, 1.54) is 0 Å². The van der Waals surface area contributed by atoms with Crippen molar-refractivity contribution in [3.8, 4) is 11.5 Å². The summed E-state index contributed by atoms with van der Waals surface area (Å²) in [5.74, 6) is 1.33. The SMILES string of the molecule is CCS(=O)(=O)CCOc1ccc(CNC)cc1OC. The Balaban J connectivity index is 2.68. The number of nitrogens with one attached hydrogen (secondary N) is 1. The van der Waals surface area contributed by atoms with Gasteiger partial charge in [-0.1, -0.05) is 13.0 Å². The van der Waals surface area contributed by atoms with E-state index in [1.807, 2.05) is 19.2 Å². The lowest BCUT2D eigenvalue weighted by molar-refractivity contribution is 0.311. The molecule has 0 aliphatic carbocycles. The fourth-order valence-electron chi connectivity index (χ4n) is 1.57. The van der Waals surface area contributed by atoms with Crippen molar-refractivity contribution in [2.45, 2.75) is 13.5 Å².